The Morgan fingerprint density at radius 3 is 2.73 bits per heavy atom. The molecule has 5 nitrogen and oxygen atoms in total. The summed E-state index contributed by atoms with van der Waals surface area (Å²) in [7, 11) is 0. The molecular weight excluding hydrogens is 324 g/mol. The van der Waals surface area contributed by atoms with E-state index >= 15 is 0 Å². The van der Waals surface area contributed by atoms with Crippen molar-refractivity contribution in [3.05, 3.63) is 48.3 Å². The molecule has 2 bridgehead atoms. The second kappa shape index (κ2) is 4.92. The summed E-state index contributed by atoms with van der Waals surface area (Å²) in [5.74, 6) is 0.540. The molecule has 2 fully saturated rings. The number of aliphatic hydroxyl groups is 1. The zero-order valence-electron chi connectivity index (χ0n) is 15.5. The minimum Gasteiger partial charge on any atom is -0.382 e. The maximum Gasteiger partial charge on any atom is 0.139 e. The summed E-state index contributed by atoms with van der Waals surface area (Å²) in [5, 5.41) is 20.5. The van der Waals surface area contributed by atoms with Gasteiger partial charge in [0, 0.05) is 17.0 Å². The predicted molar refractivity (Wildman–Crippen MR) is 99.3 cm³/mol. The van der Waals surface area contributed by atoms with Gasteiger partial charge in [-0.1, -0.05) is 38.1 Å². The molecule has 3 unspecified atom stereocenters. The van der Waals surface area contributed by atoms with E-state index in [0.29, 0.717) is 5.92 Å². The van der Waals surface area contributed by atoms with Gasteiger partial charge in [0.05, 0.1) is 16.9 Å². The first-order valence-corrected chi connectivity index (χ1v) is 9.37. The molecular formula is C21H24N4O. The molecule has 2 aliphatic carbocycles. The van der Waals surface area contributed by atoms with Gasteiger partial charge < -0.3 is 5.11 Å². The van der Waals surface area contributed by atoms with E-state index in [1.807, 2.05) is 42.6 Å². The van der Waals surface area contributed by atoms with Gasteiger partial charge in [-0.3, -0.25) is 0 Å². The lowest BCUT2D eigenvalue weighted by atomic mass is 9.59. The molecule has 0 amide bonds. The molecule has 2 aliphatic rings. The third kappa shape index (κ3) is 1.77. The zero-order chi connectivity index (χ0) is 18.2. The van der Waals surface area contributed by atoms with E-state index in [1.165, 1.54) is 6.42 Å². The smallest absolute Gasteiger partial charge is 0.139 e. The molecule has 3 heterocycles. The quantitative estimate of drug-likeness (QED) is 0.764. The molecule has 5 rings (SSSR count). The van der Waals surface area contributed by atoms with Gasteiger partial charge in [0.1, 0.15) is 11.3 Å². The molecule has 2 saturated carbocycles. The molecule has 5 heteroatoms. The fraction of sp³-hybridized carbons (Fsp3) is 0.476. The Morgan fingerprint density at radius 2 is 1.96 bits per heavy atom. The lowest BCUT2D eigenvalue weighted by Crippen LogP contribution is -2.51. The van der Waals surface area contributed by atoms with E-state index in [4.69, 9.17) is 4.98 Å². The van der Waals surface area contributed by atoms with Crippen molar-refractivity contribution in [2.45, 2.75) is 45.6 Å². The van der Waals surface area contributed by atoms with Crippen LogP contribution in [0, 0.1) is 16.7 Å². The first-order valence-electron chi connectivity index (χ1n) is 9.37. The number of nitrogens with zero attached hydrogens (tertiary/aromatic N) is 4. The SMILES string of the molecule is CC12CCC(C1)C(C)(C)C2(O)c1cccc(-c2nnn3ccccc23)n1. The summed E-state index contributed by atoms with van der Waals surface area (Å²) in [4.78, 5) is 4.91. The minimum absolute atomic E-state index is 0.124. The van der Waals surface area contributed by atoms with Crippen LogP contribution in [0.2, 0.25) is 0 Å². The van der Waals surface area contributed by atoms with Gasteiger partial charge in [-0.05, 0) is 49.4 Å². The molecule has 3 aromatic rings. The number of rotatable bonds is 2. The van der Waals surface area contributed by atoms with Crippen molar-refractivity contribution in [3.8, 4) is 11.4 Å². The van der Waals surface area contributed by atoms with Crippen molar-refractivity contribution >= 4 is 5.52 Å². The van der Waals surface area contributed by atoms with Crippen LogP contribution in [0.25, 0.3) is 16.9 Å². The molecule has 3 atom stereocenters. The van der Waals surface area contributed by atoms with Crippen molar-refractivity contribution in [2.75, 3.05) is 0 Å². The first-order chi connectivity index (χ1) is 12.4. The molecule has 26 heavy (non-hydrogen) atoms. The van der Waals surface area contributed by atoms with Crippen LogP contribution in [0.4, 0.5) is 0 Å². The van der Waals surface area contributed by atoms with Gasteiger partial charge in [-0.15, -0.1) is 5.10 Å². The van der Waals surface area contributed by atoms with Crippen molar-refractivity contribution in [2.24, 2.45) is 16.7 Å². The monoisotopic (exact) mass is 348 g/mol. The van der Waals surface area contributed by atoms with Crippen molar-refractivity contribution < 1.29 is 5.11 Å². The Bertz CT molecular complexity index is 1000. The van der Waals surface area contributed by atoms with Gasteiger partial charge in [0.2, 0.25) is 0 Å². The molecule has 0 radical (unpaired) electrons. The second-order valence-corrected chi connectivity index (χ2v) is 8.81. The summed E-state index contributed by atoms with van der Waals surface area (Å²) in [6, 6.07) is 11.8. The van der Waals surface area contributed by atoms with Gasteiger partial charge in [0.25, 0.3) is 0 Å². The van der Waals surface area contributed by atoms with E-state index < -0.39 is 5.60 Å². The molecule has 0 aliphatic heterocycles. The van der Waals surface area contributed by atoms with Gasteiger partial charge in [0.15, 0.2) is 0 Å². The van der Waals surface area contributed by atoms with E-state index in [0.717, 1.165) is 35.4 Å². The van der Waals surface area contributed by atoms with E-state index in [-0.39, 0.29) is 10.8 Å². The lowest BCUT2D eigenvalue weighted by Gasteiger charge is -2.50. The van der Waals surface area contributed by atoms with Crippen LogP contribution in [0.5, 0.6) is 0 Å². The highest BCUT2D eigenvalue weighted by molar-refractivity contribution is 5.73. The summed E-state index contributed by atoms with van der Waals surface area (Å²) in [6.07, 6.45) is 5.19. The minimum atomic E-state index is -0.929. The number of hydrogen-bond donors (Lipinski definition) is 1. The summed E-state index contributed by atoms with van der Waals surface area (Å²) in [6.45, 7) is 6.62. The van der Waals surface area contributed by atoms with E-state index in [2.05, 4.69) is 31.1 Å². The third-order valence-corrected chi connectivity index (χ3v) is 7.25. The van der Waals surface area contributed by atoms with Crippen LogP contribution in [0.3, 0.4) is 0 Å². The Kier molecular flexibility index (Phi) is 3.01. The second-order valence-electron chi connectivity index (χ2n) is 8.81. The maximum atomic E-state index is 12.0. The normalized spacial score (nSPS) is 32.4. The fourth-order valence-electron chi connectivity index (χ4n) is 5.69. The van der Waals surface area contributed by atoms with Crippen molar-refractivity contribution in [3.63, 3.8) is 0 Å². The Labute approximate surface area is 153 Å². The lowest BCUT2D eigenvalue weighted by molar-refractivity contribution is -0.153. The van der Waals surface area contributed by atoms with Crippen LogP contribution in [-0.4, -0.2) is 24.9 Å². The average molecular weight is 348 g/mol. The summed E-state index contributed by atoms with van der Waals surface area (Å²) < 4.78 is 1.75. The van der Waals surface area contributed by atoms with Gasteiger partial charge in [-0.2, -0.15) is 0 Å². The third-order valence-electron chi connectivity index (χ3n) is 7.25. The van der Waals surface area contributed by atoms with Crippen LogP contribution in [0.15, 0.2) is 42.6 Å². The van der Waals surface area contributed by atoms with Gasteiger partial charge in [-0.25, -0.2) is 9.50 Å². The topological polar surface area (TPSA) is 63.3 Å². The number of aromatic nitrogens is 4. The van der Waals surface area contributed by atoms with Gasteiger partial charge >= 0.3 is 0 Å². The Balaban J connectivity index is 1.67. The average Bonchev–Trinajstić information content (AvgIpc) is 3.28. The highest BCUT2D eigenvalue weighted by Crippen LogP contribution is 2.71. The first kappa shape index (κ1) is 15.9. The number of hydrogen-bond acceptors (Lipinski definition) is 4. The Morgan fingerprint density at radius 1 is 1.12 bits per heavy atom. The van der Waals surface area contributed by atoms with Crippen molar-refractivity contribution in [1.82, 2.24) is 19.8 Å². The molecule has 0 saturated heterocycles. The largest absolute Gasteiger partial charge is 0.382 e. The van der Waals surface area contributed by atoms with Crippen molar-refractivity contribution in [1.29, 1.82) is 0 Å². The predicted octanol–water partition coefficient (Wildman–Crippen LogP) is 3.83. The molecule has 1 N–H and O–H groups in total. The number of pyridine rings is 2. The van der Waals surface area contributed by atoms with E-state index in [1.54, 1.807) is 4.52 Å². The van der Waals surface area contributed by atoms with Crippen LogP contribution < -0.4 is 0 Å². The highest BCUT2D eigenvalue weighted by Gasteiger charge is 2.69. The highest BCUT2D eigenvalue weighted by atomic mass is 16.3. The molecule has 134 valence electrons. The zero-order valence-corrected chi connectivity index (χ0v) is 15.5. The standard InChI is InChI=1S/C21H24N4O/c1-19(2)14-10-11-20(3,13-14)21(19,26)17-9-6-7-15(22-17)18-16-8-4-5-12-25(16)24-23-18/h4-9,12,14,26H,10-11,13H2,1-3H3. The summed E-state index contributed by atoms with van der Waals surface area (Å²) in [5.41, 5.74) is 1.95. The summed E-state index contributed by atoms with van der Waals surface area (Å²) >= 11 is 0. The molecule has 0 aromatic carbocycles. The van der Waals surface area contributed by atoms with E-state index in [9.17, 15) is 5.11 Å². The Hall–Kier alpha value is -2.27. The van der Waals surface area contributed by atoms with Crippen LogP contribution in [0.1, 0.15) is 45.7 Å². The molecule has 0 spiro atoms. The maximum absolute atomic E-state index is 12.0. The molecule has 3 aromatic heterocycles. The van der Waals surface area contributed by atoms with Crippen LogP contribution in [-0.2, 0) is 5.60 Å². The number of fused-ring (bicyclic) bond motifs is 3. The van der Waals surface area contributed by atoms with Crippen LogP contribution >= 0.6 is 0 Å². The fourth-order valence-corrected chi connectivity index (χ4v) is 5.69.